The number of hydrogen-bond acceptors (Lipinski definition) is 7. The quantitative estimate of drug-likeness (QED) is 0.553. The standard InChI is InChI=1S/C18H23F3N2O6S/c1-17(2,3)28-16(24)23-8-11-6-13(29-30(25,26)18(19,20)21)7-15(14(11)9-23)22-12-4-5-27-10-12/h6-7,12,22H,4-5,8-10H2,1-3H3/t12-/m0/s1. The van der Waals surface area contributed by atoms with Gasteiger partial charge < -0.3 is 19.0 Å². The number of nitrogens with zero attached hydrogens (tertiary/aromatic N) is 1. The Balaban J connectivity index is 1.90. The summed E-state index contributed by atoms with van der Waals surface area (Å²) in [7, 11) is -5.82. The highest BCUT2D eigenvalue weighted by Crippen LogP contribution is 2.37. The van der Waals surface area contributed by atoms with Gasteiger partial charge in [-0.05, 0) is 38.8 Å². The Kier molecular flexibility index (Phi) is 5.84. The zero-order valence-corrected chi connectivity index (χ0v) is 17.5. The maximum absolute atomic E-state index is 12.7. The smallest absolute Gasteiger partial charge is 0.444 e. The number of carbonyl (C=O) groups excluding carboxylic acids is 1. The minimum absolute atomic E-state index is 0.0450. The summed E-state index contributed by atoms with van der Waals surface area (Å²) >= 11 is 0. The molecule has 0 radical (unpaired) electrons. The zero-order valence-electron chi connectivity index (χ0n) is 16.7. The van der Waals surface area contributed by atoms with Crippen LogP contribution in [0, 0.1) is 0 Å². The highest BCUT2D eigenvalue weighted by Gasteiger charge is 2.48. The summed E-state index contributed by atoms with van der Waals surface area (Å²) in [4.78, 5) is 13.8. The number of halogens is 3. The van der Waals surface area contributed by atoms with Crippen molar-refractivity contribution in [3.8, 4) is 5.75 Å². The van der Waals surface area contributed by atoms with Crippen LogP contribution in [-0.4, -0.2) is 49.8 Å². The summed E-state index contributed by atoms with van der Waals surface area (Å²) in [6, 6.07) is 2.29. The molecule has 8 nitrogen and oxygen atoms in total. The molecule has 0 unspecified atom stereocenters. The van der Waals surface area contributed by atoms with Crippen LogP contribution in [-0.2, 0) is 32.7 Å². The average molecular weight is 452 g/mol. The van der Waals surface area contributed by atoms with E-state index in [0.717, 1.165) is 0 Å². The molecule has 168 valence electrons. The minimum atomic E-state index is -5.82. The van der Waals surface area contributed by atoms with Crippen molar-refractivity contribution in [2.75, 3.05) is 18.5 Å². The van der Waals surface area contributed by atoms with Gasteiger partial charge >= 0.3 is 21.7 Å². The molecule has 1 aromatic rings. The third kappa shape index (κ3) is 5.09. The molecular weight excluding hydrogens is 429 g/mol. The van der Waals surface area contributed by atoms with E-state index in [-0.39, 0.29) is 19.1 Å². The first-order valence-electron chi connectivity index (χ1n) is 9.24. The van der Waals surface area contributed by atoms with Gasteiger partial charge in [-0.1, -0.05) is 0 Å². The van der Waals surface area contributed by atoms with Crippen LogP contribution in [0.4, 0.5) is 23.7 Å². The van der Waals surface area contributed by atoms with Gasteiger partial charge in [-0.2, -0.15) is 21.6 Å². The van der Waals surface area contributed by atoms with Gasteiger partial charge in [0.1, 0.15) is 11.4 Å². The molecule has 1 aromatic carbocycles. The molecule has 0 saturated carbocycles. The maximum Gasteiger partial charge on any atom is 0.534 e. The largest absolute Gasteiger partial charge is 0.534 e. The Bertz CT molecular complexity index is 921. The Morgan fingerprint density at radius 3 is 2.50 bits per heavy atom. The predicted octanol–water partition coefficient (Wildman–Crippen LogP) is 3.37. The molecular formula is C18H23F3N2O6S. The molecule has 0 aliphatic carbocycles. The van der Waals surface area contributed by atoms with Crippen molar-refractivity contribution < 1.29 is 40.0 Å². The average Bonchev–Trinajstić information content (AvgIpc) is 3.21. The molecule has 12 heteroatoms. The number of anilines is 1. The number of carbonyl (C=O) groups is 1. The summed E-state index contributed by atoms with van der Waals surface area (Å²) in [6.07, 6.45) is 0.0930. The van der Waals surface area contributed by atoms with Crippen molar-refractivity contribution in [3.05, 3.63) is 23.3 Å². The molecule has 0 bridgehead atoms. The van der Waals surface area contributed by atoms with E-state index in [9.17, 15) is 26.4 Å². The minimum Gasteiger partial charge on any atom is -0.444 e. The molecule has 0 spiro atoms. The number of benzene rings is 1. The number of ether oxygens (including phenoxy) is 2. The van der Waals surface area contributed by atoms with Crippen LogP contribution >= 0.6 is 0 Å². The van der Waals surface area contributed by atoms with E-state index in [0.29, 0.717) is 36.4 Å². The van der Waals surface area contributed by atoms with E-state index in [4.69, 9.17) is 9.47 Å². The number of hydrogen-bond donors (Lipinski definition) is 1. The fourth-order valence-corrected chi connectivity index (χ4v) is 3.60. The second kappa shape index (κ2) is 7.80. The molecule has 1 fully saturated rings. The fourth-order valence-electron chi connectivity index (χ4n) is 3.16. The highest BCUT2D eigenvalue weighted by molar-refractivity contribution is 7.88. The number of rotatable bonds is 4. The monoisotopic (exact) mass is 452 g/mol. The molecule has 1 atom stereocenters. The molecule has 1 saturated heterocycles. The van der Waals surface area contributed by atoms with E-state index < -0.39 is 33.1 Å². The van der Waals surface area contributed by atoms with Crippen LogP contribution in [0.5, 0.6) is 5.75 Å². The molecule has 2 aliphatic rings. The number of fused-ring (bicyclic) bond motifs is 1. The fraction of sp³-hybridized carbons (Fsp3) is 0.611. The number of nitrogens with one attached hydrogen (secondary N) is 1. The summed E-state index contributed by atoms with van der Waals surface area (Å²) in [5, 5.41) is 3.15. The van der Waals surface area contributed by atoms with Crippen molar-refractivity contribution in [3.63, 3.8) is 0 Å². The van der Waals surface area contributed by atoms with Gasteiger partial charge in [0.2, 0.25) is 0 Å². The third-order valence-corrected chi connectivity index (χ3v) is 5.44. The lowest BCUT2D eigenvalue weighted by atomic mass is 10.1. The van der Waals surface area contributed by atoms with Crippen LogP contribution in [0.25, 0.3) is 0 Å². The third-order valence-electron chi connectivity index (χ3n) is 4.46. The number of alkyl halides is 3. The van der Waals surface area contributed by atoms with E-state index in [1.807, 2.05) is 0 Å². The molecule has 3 rings (SSSR count). The van der Waals surface area contributed by atoms with Crippen LogP contribution in [0.2, 0.25) is 0 Å². The van der Waals surface area contributed by atoms with Crippen molar-refractivity contribution >= 4 is 21.9 Å². The maximum atomic E-state index is 12.7. The van der Waals surface area contributed by atoms with E-state index in [1.54, 1.807) is 20.8 Å². The topological polar surface area (TPSA) is 94.2 Å². The zero-order chi connectivity index (χ0) is 22.3. The second-order valence-electron chi connectivity index (χ2n) is 8.13. The lowest BCUT2D eigenvalue weighted by Gasteiger charge is -2.24. The Hall–Kier alpha value is -2.21. The van der Waals surface area contributed by atoms with Crippen molar-refractivity contribution in [1.29, 1.82) is 0 Å². The second-order valence-corrected chi connectivity index (χ2v) is 9.67. The lowest BCUT2D eigenvalue weighted by molar-refractivity contribution is -0.0500. The van der Waals surface area contributed by atoms with Crippen molar-refractivity contribution in [2.45, 2.75) is 57.4 Å². The normalized spacial score (nSPS) is 19.5. The Morgan fingerprint density at radius 2 is 1.93 bits per heavy atom. The van der Waals surface area contributed by atoms with Crippen LogP contribution in [0.3, 0.4) is 0 Å². The highest BCUT2D eigenvalue weighted by atomic mass is 32.2. The van der Waals surface area contributed by atoms with Gasteiger partial charge in [0.05, 0.1) is 19.2 Å². The first kappa shape index (κ1) is 22.5. The predicted molar refractivity (Wildman–Crippen MR) is 100 cm³/mol. The summed E-state index contributed by atoms with van der Waals surface area (Å²) in [6.45, 7) is 6.29. The van der Waals surface area contributed by atoms with Crippen LogP contribution in [0.15, 0.2) is 12.1 Å². The molecule has 1 amide bonds. The van der Waals surface area contributed by atoms with E-state index in [1.165, 1.54) is 17.0 Å². The van der Waals surface area contributed by atoms with Crippen molar-refractivity contribution in [2.24, 2.45) is 0 Å². The first-order chi connectivity index (χ1) is 13.7. The Morgan fingerprint density at radius 1 is 1.23 bits per heavy atom. The van der Waals surface area contributed by atoms with Gasteiger partial charge in [-0.3, -0.25) is 4.90 Å². The van der Waals surface area contributed by atoms with Crippen LogP contribution in [0.1, 0.15) is 38.3 Å². The molecule has 0 aromatic heterocycles. The van der Waals surface area contributed by atoms with Gasteiger partial charge in [0.15, 0.2) is 0 Å². The SMILES string of the molecule is CC(C)(C)OC(=O)N1Cc2cc(OS(=O)(=O)C(F)(F)F)cc(N[C@H]3CCOC3)c2C1. The lowest BCUT2D eigenvalue weighted by Crippen LogP contribution is -2.33. The van der Waals surface area contributed by atoms with E-state index >= 15 is 0 Å². The van der Waals surface area contributed by atoms with E-state index in [2.05, 4.69) is 9.50 Å². The van der Waals surface area contributed by atoms with Crippen LogP contribution < -0.4 is 9.50 Å². The van der Waals surface area contributed by atoms with Gasteiger partial charge in [0, 0.05) is 30.5 Å². The molecule has 1 N–H and O–H groups in total. The molecule has 2 heterocycles. The van der Waals surface area contributed by atoms with Crippen molar-refractivity contribution in [1.82, 2.24) is 4.90 Å². The summed E-state index contributed by atoms with van der Waals surface area (Å²) < 4.78 is 76.0. The summed E-state index contributed by atoms with van der Waals surface area (Å²) in [5.74, 6) is -0.487. The van der Waals surface area contributed by atoms with Gasteiger partial charge in [-0.15, -0.1) is 0 Å². The van der Waals surface area contributed by atoms with Gasteiger partial charge in [0.25, 0.3) is 0 Å². The Labute approximate surface area is 172 Å². The number of amides is 1. The summed E-state index contributed by atoms with van der Waals surface area (Å²) in [5.41, 5.74) is -4.76. The first-order valence-corrected chi connectivity index (χ1v) is 10.6. The molecule has 30 heavy (non-hydrogen) atoms. The molecule has 2 aliphatic heterocycles. The van der Waals surface area contributed by atoms with Gasteiger partial charge in [-0.25, -0.2) is 4.79 Å².